The molecule has 3 rings (SSSR count). The molecule has 92 valence electrons. The first-order valence-electron chi connectivity index (χ1n) is 6.23. The van der Waals surface area contributed by atoms with Crippen LogP contribution in [0.4, 0.5) is 0 Å². The average molecular weight is 246 g/mol. The number of fused-ring (bicyclic) bond motifs is 2. The zero-order valence-corrected chi connectivity index (χ0v) is 10.7. The van der Waals surface area contributed by atoms with Crippen molar-refractivity contribution in [3.05, 3.63) is 70.9 Å². The average Bonchev–Trinajstić information content (AvgIpc) is 2.43. The lowest BCUT2D eigenvalue weighted by molar-refractivity contribution is 1.29. The Morgan fingerprint density at radius 1 is 0.737 bits per heavy atom. The van der Waals surface area contributed by atoms with Gasteiger partial charge in [-0.05, 0) is 23.9 Å². The molecule has 0 atom stereocenters. The molecular weight excluding hydrogens is 232 g/mol. The molecule has 0 aromatic heterocycles. The van der Waals surface area contributed by atoms with Gasteiger partial charge in [0.15, 0.2) is 0 Å². The third kappa shape index (κ3) is 1.82. The summed E-state index contributed by atoms with van der Waals surface area (Å²) in [5, 5.41) is 21.2. The second-order valence-electron chi connectivity index (χ2n) is 4.71. The highest BCUT2D eigenvalue weighted by atomic mass is 14.4. The monoisotopic (exact) mass is 246 g/mol. The van der Waals surface area contributed by atoms with Crippen molar-refractivity contribution in [3.63, 3.8) is 0 Å². The molecule has 0 aliphatic heterocycles. The van der Waals surface area contributed by atoms with Gasteiger partial charge in [0.1, 0.15) is 0 Å². The van der Waals surface area contributed by atoms with Gasteiger partial charge in [0.2, 0.25) is 0 Å². The Morgan fingerprint density at radius 2 is 1.47 bits per heavy atom. The van der Waals surface area contributed by atoms with E-state index < -0.39 is 0 Å². The van der Waals surface area contributed by atoms with Gasteiger partial charge in [0.05, 0.1) is 10.7 Å². The van der Waals surface area contributed by atoms with E-state index in [-0.39, 0.29) is 0 Å². The first kappa shape index (κ1) is 11.6. The predicted molar refractivity (Wildman–Crippen MR) is 77.9 cm³/mol. The van der Waals surface area contributed by atoms with Gasteiger partial charge < -0.3 is 5.41 Å². The molecule has 19 heavy (non-hydrogen) atoms. The largest absolute Gasteiger partial charge is 0.300 e. The summed E-state index contributed by atoms with van der Waals surface area (Å²) in [7, 11) is 0. The van der Waals surface area contributed by atoms with Crippen molar-refractivity contribution in [2.24, 2.45) is 0 Å². The van der Waals surface area contributed by atoms with Crippen LogP contribution < -0.4 is 10.7 Å². The SMILES string of the molecule is Cc1cccc2ccc(=N)c3ccccc3c(=N)c12. The number of hydrogen-bond acceptors (Lipinski definition) is 2. The lowest BCUT2D eigenvalue weighted by Gasteiger charge is -2.02. The molecule has 0 aliphatic carbocycles. The number of benzene rings is 2. The van der Waals surface area contributed by atoms with E-state index >= 15 is 0 Å². The number of hydrogen-bond donors (Lipinski definition) is 2. The minimum absolute atomic E-state index is 0.451. The molecule has 3 aromatic carbocycles. The summed E-state index contributed by atoms with van der Waals surface area (Å²) >= 11 is 0. The number of aryl methyl sites for hydroxylation is 1. The third-order valence-corrected chi connectivity index (χ3v) is 3.47. The summed E-state index contributed by atoms with van der Waals surface area (Å²) in [6.45, 7) is 2.02. The van der Waals surface area contributed by atoms with Gasteiger partial charge in [-0.25, -0.2) is 0 Å². The molecule has 0 heterocycles. The van der Waals surface area contributed by atoms with Gasteiger partial charge >= 0.3 is 0 Å². The van der Waals surface area contributed by atoms with E-state index in [0.717, 1.165) is 27.1 Å². The minimum Gasteiger partial charge on any atom is -0.300 e. The Morgan fingerprint density at radius 3 is 2.26 bits per heavy atom. The Balaban J connectivity index is 2.76. The Hall–Kier alpha value is -2.48. The summed E-state index contributed by atoms with van der Waals surface area (Å²) in [5.74, 6) is 0. The molecule has 2 N–H and O–H groups in total. The van der Waals surface area contributed by atoms with Gasteiger partial charge in [0, 0.05) is 16.2 Å². The standard InChI is InChI=1S/C17H14N2/c1-11-5-4-6-12-9-10-15(18)13-7-2-3-8-14(13)17(19)16(11)12/h2-10,18-19H,1H3. The first-order valence-corrected chi connectivity index (χ1v) is 6.23. The van der Waals surface area contributed by atoms with Gasteiger partial charge in [0.25, 0.3) is 0 Å². The van der Waals surface area contributed by atoms with Crippen LogP contribution >= 0.6 is 0 Å². The van der Waals surface area contributed by atoms with Crippen LogP contribution in [0.3, 0.4) is 0 Å². The molecule has 0 bridgehead atoms. The number of nitrogens with one attached hydrogen (secondary N) is 2. The molecule has 0 saturated heterocycles. The Bertz CT molecular complexity index is 911. The molecule has 2 heteroatoms. The van der Waals surface area contributed by atoms with Crippen LogP contribution in [0.1, 0.15) is 5.56 Å². The van der Waals surface area contributed by atoms with E-state index in [1.807, 2.05) is 61.5 Å². The topological polar surface area (TPSA) is 47.7 Å². The highest BCUT2D eigenvalue weighted by Gasteiger charge is 2.01. The lowest BCUT2D eigenvalue weighted by atomic mass is 10.0. The Kier molecular flexibility index (Phi) is 2.64. The predicted octanol–water partition coefficient (Wildman–Crippen LogP) is 3.26. The van der Waals surface area contributed by atoms with Crippen molar-refractivity contribution in [1.82, 2.24) is 0 Å². The zero-order chi connectivity index (χ0) is 13.4. The highest BCUT2D eigenvalue weighted by Crippen LogP contribution is 2.14. The van der Waals surface area contributed by atoms with Crippen LogP contribution in [0.2, 0.25) is 0 Å². The van der Waals surface area contributed by atoms with Crippen LogP contribution in [0.25, 0.3) is 21.5 Å². The van der Waals surface area contributed by atoms with Crippen molar-refractivity contribution in [1.29, 1.82) is 10.8 Å². The van der Waals surface area contributed by atoms with Crippen LogP contribution in [0.15, 0.2) is 54.6 Å². The maximum absolute atomic E-state index is 8.49. The normalized spacial score (nSPS) is 10.8. The van der Waals surface area contributed by atoms with Crippen LogP contribution in [-0.2, 0) is 0 Å². The molecule has 2 nitrogen and oxygen atoms in total. The maximum Gasteiger partial charge on any atom is 0.0700 e. The summed E-state index contributed by atoms with van der Waals surface area (Å²) in [6, 6.07) is 17.4. The summed E-state index contributed by atoms with van der Waals surface area (Å²) in [5.41, 5.74) is 1.09. The van der Waals surface area contributed by atoms with E-state index in [2.05, 4.69) is 0 Å². The smallest absolute Gasteiger partial charge is 0.0700 e. The van der Waals surface area contributed by atoms with Crippen LogP contribution in [-0.4, -0.2) is 0 Å². The fourth-order valence-electron chi connectivity index (χ4n) is 2.50. The highest BCUT2D eigenvalue weighted by molar-refractivity contribution is 5.92. The molecule has 3 aromatic rings. The van der Waals surface area contributed by atoms with E-state index in [0.29, 0.717) is 10.7 Å². The molecule has 0 saturated carbocycles. The second kappa shape index (κ2) is 4.32. The van der Waals surface area contributed by atoms with Gasteiger partial charge in [-0.2, -0.15) is 0 Å². The van der Waals surface area contributed by atoms with Gasteiger partial charge in [-0.3, -0.25) is 5.41 Å². The summed E-state index contributed by atoms with van der Waals surface area (Å²) in [4.78, 5) is 0. The summed E-state index contributed by atoms with van der Waals surface area (Å²) in [6.07, 6.45) is 0. The quantitative estimate of drug-likeness (QED) is 0.611. The van der Waals surface area contributed by atoms with Gasteiger partial charge in [-0.15, -0.1) is 0 Å². The van der Waals surface area contributed by atoms with Crippen molar-refractivity contribution in [3.8, 4) is 0 Å². The van der Waals surface area contributed by atoms with Crippen molar-refractivity contribution >= 4 is 21.5 Å². The van der Waals surface area contributed by atoms with Crippen molar-refractivity contribution in [2.45, 2.75) is 6.92 Å². The summed E-state index contributed by atoms with van der Waals surface area (Å²) < 4.78 is 0. The van der Waals surface area contributed by atoms with E-state index in [9.17, 15) is 0 Å². The van der Waals surface area contributed by atoms with Crippen molar-refractivity contribution < 1.29 is 0 Å². The maximum atomic E-state index is 8.49. The molecule has 0 unspecified atom stereocenters. The molecule has 0 radical (unpaired) electrons. The fourth-order valence-corrected chi connectivity index (χ4v) is 2.50. The van der Waals surface area contributed by atoms with Crippen LogP contribution in [0, 0.1) is 17.7 Å². The van der Waals surface area contributed by atoms with Crippen molar-refractivity contribution in [2.75, 3.05) is 0 Å². The molecule has 0 spiro atoms. The van der Waals surface area contributed by atoms with E-state index in [4.69, 9.17) is 10.8 Å². The fraction of sp³-hybridized carbons (Fsp3) is 0.0588. The first-order chi connectivity index (χ1) is 9.18. The molecular formula is C17H14N2. The number of rotatable bonds is 0. The van der Waals surface area contributed by atoms with Crippen LogP contribution in [0.5, 0.6) is 0 Å². The molecule has 0 aliphatic rings. The van der Waals surface area contributed by atoms with E-state index in [1.54, 1.807) is 0 Å². The molecule has 0 fully saturated rings. The second-order valence-corrected chi connectivity index (χ2v) is 4.71. The Labute approximate surface area is 111 Å². The lowest BCUT2D eigenvalue weighted by Crippen LogP contribution is -2.07. The van der Waals surface area contributed by atoms with Gasteiger partial charge in [-0.1, -0.05) is 48.5 Å². The molecule has 0 amide bonds. The zero-order valence-electron chi connectivity index (χ0n) is 10.7. The van der Waals surface area contributed by atoms with E-state index in [1.165, 1.54) is 0 Å². The third-order valence-electron chi connectivity index (χ3n) is 3.47. The minimum atomic E-state index is 0.451.